The van der Waals surface area contributed by atoms with Gasteiger partial charge in [0.15, 0.2) is 0 Å². The lowest BCUT2D eigenvalue weighted by Gasteiger charge is -2.24. The molecule has 1 fully saturated rings. The molecule has 1 aromatic rings. The predicted molar refractivity (Wildman–Crippen MR) is 83.0 cm³/mol. The Hall–Kier alpha value is -1.02. The lowest BCUT2D eigenvalue weighted by atomic mass is 10.1. The van der Waals surface area contributed by atoms with Gasteiger partial charge in [-0.3, -0.25) is 0 Å². The lowest BCUT2D eigenvalue weighted by Crippen LogP contribution is -2.45. The third kappa shape index (κ3) is 4.47. The van der Waals surface area contributed by atoms with Crippen LogP contribution in [0.2, 0.25) is 0 Å². The van der Waals surface area contributed by atoms with Crippen molar-refractivity contribution in [3.8, 4) is 11.5 Å². The Morgan fingerprint density at radius 3 is 2.62 bits per heavy atom. The first-order valence-corrected chi connectivity index (χ1v) is 8.00. The van der Waals surface area contributed by atoms with Gasteiger partial charge in [-0.25, -0.2) is 13.1 Å². The van der Waals surface area contributed by atoms with E-state index in [1.54, 1.807) is 12.1 Å². The van der Waals surface area contributed by atoms with Gasteiger partial charge in [-0.1, -0.05) is 0 Å². The minimum Gasteiger partial charge on any atom is -0.497 e. The fourth-order valence-corrected chi connectivity index (χ4v) is 3.68. The van der Waals surface area contributed by atoms with Crippen molar-refractivity contribution in [3.63, 3.8) is 0 Å². The van der Waals surface area contributed by atoms with Gasteiger partial charge in [0, 0.05) is 18.7 Å². The summed E-state index contributed by atoms with van der Waals surface area (Å²) in [5, 5.41) is 3.18. The van der Waals surface area contributed by atoms with E-state index in [1.165, 1.54) is 20.3 Å². The van der Waals surface area contributed by atoms with E-state index in [9.17, 15) is 8.42 Å². The molecule has 120 valence electrons. The molecule has 0 amide bonds. The molecule has 1 aromatic carbocycles. The fourth-order valence-electron chi connectivity index (χ4n) is 2.23. The van der Waals surface area contributed by atoms with Crippen LogP contribution in [0.3, 0.4) is 0 Å². The number of hydrogen-bond acceptors (Lipinski definition) is 5. The van der Waals surface area contributed by atoms with Crippen LogP contribution in [0, 0.1) is 0 Å². The Bertz CT molecular complexity index is 559. The molecule has 0 aliphatic carbocycles. The van der Waals surface area contributed by atoms with E-state index >= 15 is 0 Å². The highest BCUT2D eigenvalue weighted by atomic mass is 35.5. The number of piperidine rings is 1. The lowest BCUT2D eigenvalue weighted by molar-refractivity contribution is 0.390. The van der Waals surface area contributed by atoms with E-state index in [4.69, 9.17) is 9.47 Å². The van der Waals surface area contributed by atoms with Crippen LogP contribution in [0.15, 0.2) is 23.1 Å². The van der Waals surface area contributed by atoms with Gasteiger partial charge in [-0.15, -0.1) is 12.4 Å². The number of ether oxygens (including phenoxy) is 2. The summed E-state index contributed by atoms with van der Waals surface area (Å²) in [6.45, 7) is 1.58. The molecule has 0 aromatic heterocycles. The molecule has 1 aliphatic rings. The van der Waals surface area contributed by atoms with Crippen LogP contribution in [-0.2, 0) is 10.0 Å². The van der Waals surface area contributed by atoms with Crippen LogP contribution in [0.25, 0.3) is 0 Å². The molecule has 8 heteroatoms. The minimum atomic E-state index is -3.63. The Kier molecular flexibility index (Phi) is 6.73. The number of halogens is 1. The molecule has 0 spiro atoms. The second-order valence-corrected chi connectivity index (χ2v) is 6.36. The average molecular weight is 337 g/mol. The number of hydrogen-bond donors (Lipinski definition) is 2. The van der Waals surface area contributed by atoms with Gasteiger partial charge in [0.05, 0.1) is 14.2 Å². The molecular weight excluding hydrogens is 316 g/mol. The highest BCUT2D eigenvalue weighted by Crippen LogP contribution is 2.28. The zero-order chi connectivity index (χ0) is 14.6. The van der Waals surface area contributed by atoms with E-state index in [-0.39, 0.29) is 23.3 Å². The molecule has 0 saturated carbocycles. The molecule has 1 atom stereocenters. The standard InChI is InChI=1S/C13H20N2O4S.ClH/c1-18-11-5-6-12(19-2)13(8-11)20(16,17)15-10-4-3-7-14-9-10;/h5-6,8,10,14-15H,3-4,7,9H2,1-2H3;1H/t10-;/m1./s1. The van der Waals surface area contributed by atoms with Gasteiger partial charge < -0.3 is 14.8 Å². The van der Waals surface area contributed by atoms with Crippen LogP contribution in [-0.4, -0.2) is 41.8 Å². The monoisotopic (exact) mass is 336 g/mol. The molecule has 1 heterocycles. The third-order valence-electron chi connectivity index (χ3n) is 3.28. The Morgan fingerprint density at radius 2 is 2.05 bits per heavy atom. The van der Waals surface area contributed by atoms with Gasteiger partial charge in [0.1, 0.15) is 16.4 Å². The summed E-state index contributed by atoms with van der Waals surface area (Å²) in [7, 11) is -0.686. The summed E-state index contributed by atoms with van der Waals surface area (Å²) in [6, 6.07) is 4.63. The number of rotatable bonds is 5. The van der Waals surface area contributed by atoms with Gasteiger partial charge in [0.25, 0.3) is 0 Å². The van der Waals surface area contributed by atoms with Crippen molar-refractivity contribution in [2.45, 2.75) is 23.8 Å². The second-order valence-electron chi connectivity index (χ2n) is 4.68. The molecule has 2 rings (SSSR count). The predicted octanol–water partition coefficient (Wildman–Crippen LogP) is 1.16. The van der Waals surface area contributed by atoms with E-state index in [1.807, 2.05) is 0 Å². The summed E-state index contributed by atoms with van der Waals surface area (Å²) in [5.74, 6) is 0.787. The Morgan fingerprint density at radius 1 is 1.29 bits per heavy atom. The summed E-state index contributed by atoms with van der Waals surface area (Å²) >= 11 is 0. The molecule has 1 aliphatic heterocycles. The molecule has 0 radical (unpaired) electrons. The smallest absolute Gasteiger partial charge is 0.244 e. The van der Waals surface area contributed by atoms with Crippen LogP contribution in [0.1, 0.15) is 12.8 Å². The molecule has 6 nitrogen and oxygen atoms in total. The van der Waals surface area contributed by atoms with E-state index < -0.39 is 10.0 Å². The van der Waals surface area contributed by atoms with Crippen molar-refractivity contribution >= 4 is 22.4 Å². The first kappa shape index (κ1) is 18.0. The van der Waals surface area contributed by atoms with Gasteiger partial charge >= 0.3 is 0 Å². The fraction of sp³-hybridized carbons (Fsp3) is 0.538. The van der Waals surface area contributed by atoms with E-state index in [2.05, 4.69) is 10.0 Å². The van der Waals surface area contributed by atoms with Crippen molar-refractivity contribution in [3.05, 3.63) is 18.2 Å². The number of methoxy groups -OCH3 is 2. The normalized spacial score (nSPS) is 18.7. The molecule has 0 unspecified atom stereocenters. The first-order valence-electron chi connectivity index (χ1n) is 6.52. The zero-order valence-electron chi connectivity index (χ0n) is 12.1. The highest BCUT2D eigenvalue weighted by Gasteiger charge is 2.25. The Labute approximate surface area is 131 Å². The van der Waals surface area contributed by atoms with Crippen molar-refractivity contribution < 1.29 is 17.9 Å². The van der Waals surface area contributed by atoms with Gasteiger partial charge in [0.2, 0.25) is 10.0 Å². The van der Waals surface area contributed by atoms with Crippen LogP contribution in [0.5, 0.6) is 11.5 Å². The Balaban J connectivity index is 0.00000220. The van der Waals surface area contributed by atoms with E-state index in [0.717, 1.165) is 19.4 Å². The van der Waals surface area contributed by atoms with Crippen LogP contribution < -0.4 is 19.5 Å². The number of benzene rings is 1. The van der Waals surface area contributed by atoms with Gasteiger partial charge in [-0.05, 0) is 31.5 Å². The van der Waals surface area contributed by atoms with Gasteiger partial charge in [-0.2, -0.15) is 0 Å². The maximum absolute atomic E-state index is 12.5. The SMILES string of the molecule is COc1ccc(OC)c(S(=O)(=O)N[C@@H]2CCCNC2)c1.Cl. The largest absolute Gasteiger partial charge is 0.497 e. The van der Waals surface area contributed by atoms with E-state index in [0.29, 0.717) is 18.0 Å². The zero-order valence-corrected chi connectivity index (χ0v) is 13.7. The maximum Gasteiger partial charge on any atom is 0.244 e. The maximum atomic E-state index is 12.5. The van der Waals surface area contributed by atoms with Crippen molar-refractivity contribution in [1.82, 2.24) is 10.0 Å². The quantitative estimate of drug-likeness (QED) is 0.843. The highest BCUT2D eigenvalue weighted by molar-refractivity contribution is 7.89. The van der Waals surface area contributed by atoms with Crippen molar-refractivity contribution in [1.29, 1.82) is 0 Å². The van der Waals surface area contributed by atoms with Crippen molar-refractivity contribution in [2.75, 3.05) is 27.3 Å². The summed E-state index contributed by atoms with van der Waals surface area (Å²) in [5.41, 5.74) is 0. The molecule has 2 N–H and O–H groups in total. The molecular formula is C13H21ClN2O4S. The topological polar surface area (TPSA) is 76.7 Å². The van der Waals surface area contributed by atoms with Crippen molar-refractivity contribution in [2.24, 2.45) is 0 Å². The van der Waals surface area contributed by atoms with Crippen LogP contribution >= 0.6 is 12.4 Å². The molecule has 0 bridgehead atoms. The third-order valence-corrected chi connectivity index (χ3v) is 4.82. The number of nitrogens with one attached hydrogen (secondary N) is 2. The van der Waals surface area contributed by atoms with Crippen LogP contribution in [0.4, 0.5) is 0 Å². The summed E-state index contributed by atoms with van der Waals surface area (Å²) in [4.78, 5) is 0.102. The molecule has 21 heavy (non-hydrogen) atoms. The average Bonchev–Trinajstić information content (AvgIpc) is 2.47. The first-order chi connectivity index (χ1) is 9.56. The summed E-state index contributed by atoms with van der Waals surface area (Å²) < 4.78 is 37.9. The summed E-state index contributed by atoms with van der Waals surface area (Å²) in [6.07, 6.45) is 1.79. The second kappa shape index (κ2) is 7.84. The molecule has 1 saturated heterocycles. The number of sulfonamides is 1. The minimum absolute atomic E-state index is 0.